The third-order valence-corrected chi connectivity index (χ3v) is 4.56. The molecule has 2 aliphatic rings. The molecule has 0 radical (unpaired) electrons. The molecule has 98 valence electrons. The molecule has 1 unspecified atom stereocenters. The van der Waals surface area contributed by atoms with E-state index in [1.54, 1.807) is 0 Å². The Morgan fingerprint density at radius 3 is 2.61 bits per heavy atom. The highest BCUT2D eigenvalue weighted by atomic mass is 16.3. The van der Waals surface area contributed by atoms with Crippen LogP contribution >= 0.6 is 0 Å². The maximum absolute atomic E-state index is 10.4. The van der Waals surface area contributed by atoms with Gasteiger partial charge in [0.25, 0.3) is 0 Å². The minimum absolute atomic E-state index is 0.381. The summed E-state index contributed by atoms with van der Waals surface area (Å²) in [5, 5.41) is 13.9. The van der Waals surface area contributed by atoms with Gasteiger partial charge in [0.15, 0.2) is 0 Å². The van der Waals surface area contributed by atoms with Crippen LogP contribution in [0.3, 0.4) is 0 Å². The molecule has 1 aromatic carbocycles. The fourth-order valence-corrected chi connectivity index (χ4v) is 3.65. The Morgan fingerprint density at radius 2 is 1.89 bits per heavy atom. The van der Waals surface area contributed by atoms with Crippen molar-refractivity contribution in [3.05, 3.63) is 28.3 Å². The lowest BCUT2D eigenvalue weighted by Gasteiger charge is -2.30. The summed E-state index contributed by atoms with van der Waals surface area (Å²) in [4.78, 5) is 0. The predicted molar refractivity (Wildman–Crippen MR) is 74.1 cm³/mol. The smallest absolute Gasteiger partial charge is 0.120 e. The SMILES string of the molecule is Cc1cc(O)c(C2CCCCN2)c2c1CCCC2. The minimum atomic E-state index is 0.381. The topological polar surface area (TPSA) is 32.3 Å². The molecule has 2 heteroatoms. The van der Waals surface area contributed by atoms with E-state index in [-0.39, 0.29) is 0 Å². The number of hydrogen-bond donors (Lipinski definition) is 2. The lowest BCUT2D eigenvalue weighted by atomic mass is 9.81. The highest BCUT2D eigenvalue weighted by Crippen LogP contribution is 2.39. The summed E-state index contributed by atoms with van der Waals surface area (Å²) in [6, 6.07) is 2.36. The number of piperidine rings is 1. The lowest BCUT2D eigenvalue weighted by molar-refractivity contribution is 0.386. The van der Waals surface area contributed by atoms with Gasteiger partial charge in [-0.3, -0.25) is 0 Å². The van der Waals surface area contributed by atoms with Gasteiger partial charge in [0, 0.05) is 11.6 Å². The molecular formula is C16H23NO. The van der Waals surface area contributed by atoms with Crippen molar-refractivity contribution in [1.29, 1.82) is 0 Å². The summed E-state index contributed by atoms with van der Waals surface area (Å²) in [6.45, 7) is 3.23. The van der Waals surface area contributed by atoms with Crippen LogP contribution in [0.1, 0.15) is 60.4 Å². The van der Waals surface area contributed by atoms with Crippen LogP contribution in [0.2, 0.25) is 0 Å². The summed E-state index contributed by atoms with van der Waals surface area (Å²) in [6.07, 6.45) is 8.64. The maximum atomic E-state index is 10.4. The van der Waals surface area contributed by atoms with Gasteiger partial charge < -0.3 is 10.4 Å². The zero-order valence-corrected chi connectivity index (χ0v) is 11.3. The van der Waals surface area contributed by atoms with E-state index in [1.165, 1.54) is 60.8 Å². The molecule has 1 saturated heterocycles. The fourth-order valence-electron chi connectivity index (χ4n) is 3.65. The van der Waals surface area contributed by atoms with E-state index in [1.807, 2.05) is 6.07 Å². The van der Waals surface area contributed by atoms with E-state index in [0.717, 1.165) is 13.0 Å². The number of phenolic OH excluding ortho intramolecular Hbond substituents is 1. The van der Waals surface area contributed by atoms with Crippen LogP contribution in [0.5, 0.6) is 5.75 Å². The number of hydrogen-bond acceptors (Lipinski definition) is 2. The first-order chi connectivity index (χ1) is 8.77. The second-order valence-electron chi connectivity index (χ2n) is 5.79. The van der Waals surface area contributed by atoms with Crippen LogP contribution in [0.15, 0.2) is 6.07 Å². The van der Waals surface area contributed by atoms with Gasteiger partial charge >= 0.3 is 0 Å². The first-order valence-corrected chi connectivity index (χ1v) is 7.35. The van der Waals surface area contributed by atoms with Crippen molar-refractivity contribution in [3.63, 3.8) is 0 Å². The molecule has 1 heterocycles. The highest BCUT2D eigenvalue weighted by Gasteiger charge is 2.25. The summed E-state index contributed by atoms with van der Waals surface area (Å²) < 4.78 is 0. The Hall–Kier alpha value is -1.02. The van der Waals surface area contributed by atoms with Gasteiger partial charge in [-0.15, -0.1) is 0 Å². The molecule has 1 fully saturated rings. The van der Waals surface area contributed by atoms with Crippen molar-refractivity contribution in [1.82, 2.24) is 5.32 Å². The number of fused-ring (bicyclic) bond motifs is 1. The van der Waals surface area contributed by atoms with Gasteiger partial charge in [-0.05, 0) is 74.8 Å². The minimum Gasteiger partial charge on any atom is -0.508 e. The molecule has 1 aromatic rings. The number of aromatic hydroxyl groups is 1. The first-order valence-electron chi connectivity index (χ1n) is 7.35. The fraction of sp³-hybridized carbons (Fsp3) is 0.625. The third kappa shape index (κ3) is 2.03. The molecule has 0 amide bonds. The molecule has 1 aliphatic heterocycles. The molecule has 18 heavy (non-hydrogen) atoms. The number of nitrogens with one attached hydrogen (secondary N) is 1. The van der Waals surface area contributed by atoms with Gasteiger partial charge in [0.05, 0.1) is 0 Å². The Morgan fingerprint density at radius 1 is 1.11 bits per heavy atom. The van der Waals surface area contributed by atoms with Crippen LogP contribution < -0.4 is 5.32 Å². The van der Waals surface area contributed by atoms with E-state index in [2.05, 4.69) is 12.2 Å². The molecule has 1 aliphatic carbocycles. The molecule has 2 N–H and O–H groups in total. The highest BCUT2D eigenvalue weighted by molar-refractivity contribution is 5.51. The molecule has 0 spiro atoms. The summed E-state index contributed by atoms with van der Waals surface area (Å²) in [7, 11) is 0. The Kier molecular flexibility index (Phi) is 3.29. The van der Waals surface area contributed by atoms with Gasteiger partial charge in [-0.25, -0.2) is 0 Å². The van der Waals surface area contributed by atoms with Crippen LogP contribution in [-0.4, -0.2) is 11.7 Å². The molecular weight excluding hydrogens is 222 g/mol. The average molecular weight is 245 g/mol. The molecule has 0 saturated carbocycles. The quantitative estimate of drug-likeness (QED) is 0.795. The Bertz CT molecular complexity index is 447. The average Bonchev–Trinajstić information content (AvgIpc) is 2.40. The van der Waals surface area contributed by atoms with Crippen molar-refractivity contribution < 1.29 is 5.11 Å². The van der Waals surface area contributed by atoms with E-state index < -0.39 is 0 Å². The van der Waals surface area contributed by atoms with Crippen LogP contribution in [0, 0.1) is 6.92 Å². The van der Waals surface area contributed by atoms with Gasteiger partial charge in [0.2, 0.25) is 0 Å². The Balaban J connectivity index is 2.06. The van der Waals surface area contributed by atoms with E-state index in [4.69, 9.17) is 0 Å². The zero-order chi connectivity index (χ0) is 12.5. The standard InChI is InChI=1S/C16H23NO/c1-11-10-15(18)16(14-8-4-5-9-17-14)13-7-3-2-6-12(11)13/h10,14,17-18H,2-9H2,1H3. The predicted octanol–water partition coefficient (Wildman–Crippen LogP) is 3.39. The van der Waals surface area contributed by atoms with Crippen molar-refractivity contribution >= 4 is 0 Å². The summed E-state index contributed by atoms with van der Waals surface area (Å²) >= 11 is 0. The van der Waals surface area contributed by atoms with Crippen molar-refractivity contribution in [2.45, 2.75) is 57.9 Å². The molecule has 1 atom stereocenters. The second-order valence-corrected chi connectivity index (χ2v) is 5.79. The number of phenols is 1. The van der Waals surface area contributed by atoms with Crippen LogP contribution in [-0.2, 0) is 12.8 Å². The maximum Gasteiger partial charge on any atom is 0.120 e. The summed E-state index contributed by atoms with van der Waals surface area (Å²) in [5.74, 6) is 0.521. The Labute approximate surface area is 109 Å². The lowest BCUT2D eigenvalue weighted by Crippen LogP contribution is -2.28. The van der Waals surface area contributed by atoms with Crippen LogP contribution in [0.4, 0.5) is 0 Å². The molecule has 3 rings (SSSR count). The third-order valence-electron chi connectivity index (χ3n) is 4.56. The first kappa shape index (κ1) is 12.0. The molecule has 0 aromatic heterocycles. The molecule has 0 bridgehead atoms. The molecule has 2 nitrogen and oxygen atoms in total. The van der Waals surface area contributed by atoms with Crippen molar-refractivity contribution in [3.8, 4) is 5.75 Å². The van der Waals surface area contributed by atoms with Crippen LogP contribution in [0.25, 0.3) is 0 Å². The van der Waals surface area contributed by atoms with E-state index >= 15 is 0 Å². The van der Waals surface area contributed by atoms with Crippen molar-refractivity contribution in [2.75, 3.05) is 6.54 Å². The van der Waals surface area contributed by atoms with E-state index in [0.29, 0.717) is 11.8 Å². The number of rotatable bonds is 1. The van der Waals surface area contributed by atoms with Crippen molar-refractivity contribution in [2.24, 2.45) is 0 Å². The monoisotopic (exact) mass is 245 g/mol. The largest absolute Gasteiger partial charge is 0.508 e. The van der Waals surface area contributed by atoms with Gasteiger partial charge in [-0.1, -0.05) is 6.42 Å². The number of aryl methyl sites for hydroxylation is 1. The second kappa shape index (κ2) is 4.93. The zero-order valence-electron chi connectivity index (χ0n) is 11.3. The van der Waals surface area contributed by atoms with Gasteiger partial charge in [-0.2, -0.15) is 0 Å². The normalized spacial score (nSPS) is 23.7. The summed E-state index contributed by atoms with van der Waals surface area (Å²) in [5.41, 5.74) is 5.47. The number of benzene rings is 1. The van der Waals surface area contributed by atoms with E-state index in [9.17, 15) is 5.11 Å². The van der Waals surface area contributed by atoms with Gasteiger partial charge in [0.1, 0.15) is 5.75 Å².